The highest BCUT2D eigenvalue weighted by molar-refractivity contribution is 7.93. The summed E-state index contributed by atoms with van der Waals surface area (Å²) in [6.45, 7) is 5.20. The first-order chi connectivity index (χ1) is 14.5. The van der Waals surface area contributed by atoms with Crippen molar-refractivity contribution in [1.29, 1.82) is 0 Å². The number of benzene rings is 3. The van der Waals surface area contributed by atoms with Gasteiger partial charge in [-0.05, 0) is 73.9 Å². The van der Waals surface area contributed by atoms with Crippen molar-refractivity contribution in [3.63, 3.8) is 0 Å². The maximum atomic E-state index is 12.9. The Morgan fingerprint density at radius 1 is 0.677 bits per heavy atom. The van der Waals surface area contributed by atoms with Crippen molar-refractivity contribution in [2.24, 2.45) is 0 Å². The molecule has 0 unspecified atom stereocenters. The zero-order chi connectivity index (χ0) is 22.8. The van der Waals surface area contributed by atoms with Gasteiger partial charge in [0.25, 0.3) is 20.0 Å². The second kappa shape index (κ2) is 8.70. The molecule has 7 nitrogen and oxygen atoms in total. The molecule has 0 bridgehead atoms. The van der Waals surface area contributed by atoms with Crippen LogP contribution in [0.2, 0.25) is 0 Å². The molecule has 0 saturated heterocycles. The van der Waals surface area contributed by atoms with E-state index in [-0.39, 0.29) is 27.8 Å². The highest BCUT2D eigenvalue weighted by atomic mass is 32.2. The van der Waals surface area contributed by atoms with E-state index in [1.54, 1.807) is 24.3 Å². The number of hydrogen-bond donors (Lipinski definition) is 3. The number of rotatable bonds is 7. The molecule has 3 aromatic carbocycles. The number of sulfonamides is 2. The average molecular weight is 461 g/mol. The maximum absolute atomic E-state index is 12.9. The molecule has 0 heterocycles. The van der Waals surface area contributed by atoms with Crippen LogP contribution in [-0.2, 0) is 26.7 Å². The standard InChI is InChI=1S/C22H24N2O5S2/c1-15-4-8-19(9-5-15)30(26,27)24-22-13-18(14-25)7-11-21(22)23-31(28,29)20-10-6-16(2)17(3)12-20/h4-13,23-25H,14H2,1-3H3. The van der Waals surface area contributed by atoms with Crippen molar-refractivity contribution in [1.82, 2.24) is 0 Å². The third-order valence-electron chi connectivity index (χ3n) is 4.88. The van der Waals surface area contributed by atoms with Gasteiger partial charge in [0, 0.05) is 0 Å². The molecule has 0 aliphatic heterocycles. The van der Waals surface area contributed by atoms with E-state index in [0.29, 0.717) is 5.56 Å². The van der Waals surface area contributed by atoms with Gasteiger partial charge in [-0.3, -0.25) is 9.44 Å². The van der Waals surface area contributed by atoms with E-state index in [2.05, 4.69) is 9.44 Å². The van der Waals surface area contributed by atoms with Crippen LogP contribution in [0, 0.1) is 20.8 Å². The summed E-state index contributed by atoms with van der Waals surface area (Å²) in [6, 6.07) is 15.3. The van der Waals surface area contributed by atoms with E-state index in [4.69, 9.17) is 0 Å². The molecule has 0 aliphatic rings. The second-order valence-electron chi connectivity index (χ2n) is 7.31. The summed E-state index contributed by atoms with van der Waals surface area (Å²) < 4.78 is 56.4. The first-order valence-corrected chi connectivity index (χ1v) is 12.4. The van der Waals surface area contributed by atoms with Gasteiger partial charge in [-0.25, -0.2) is 16.8 Å². The van der Waals surface area contributed by atoms with Gasteiger partial charge in [-0.1, -0.05) is 29.8 Å². The Labute approximate surface area is 182 Å². The van der Waals surface area contributed by atoms with Crippen LogP contribution in [0.1, 0.15) is 22.3 Å². The molecular weight excluding hydrogens is 436 g/mol. The Morgan fingerprint density at radius 2 is 1.26 bits per heavy atom. The van der Waals surface area contributed by atoms with E-state index < -0.39 is 20.0 Å². The Hall–Kier alpha value is -2.88. The minimum atomic E-state index is -3.98. The molecule has 3 aromatic rings. The third-order valence-corrected chi connectivity index (χ3v) is 7.62. The zero-order valence-corrected chi connectivity index (χ0v) is 19.0. The molecule has 0 fully saturated rings. The molecule has 31 heavy (non-hydrogen) atoms. The van der Waals surface area contributed by atoms with Crippen LogP contribution in [0.3, 0.4) is 0 Å². The molecule has 3 rings (SSSR count). The Balaban J connectivity index is 2.00. The largest absolute Gasteiger partial charge is 0.392 e. The zero-order valence-electron chi connectivity index (χ0n) is 17.4. The molecule has 0 radical (unpaired) electrons. The number of aliphatic hydroxyl groups excluding tert-OH is 1. The van der Waals surface area contributed by atoms with Gasteiger partial charge in [-0.15, -0.1) is 0 Å². The summed E-state index contributed by atoms with van der Waals surface area (Å²) in [4.78, 5) is 0.102. The predicted octanol–water partition coefficient (Wildman–Crippen LogP) is 3.71. The lowest BCUT2D eigenvalue weighted by Crippen LogP contribution is -2.18. The van der Waals surface area contributed by atoms with Crippen molar-refractivity contribution in [3.05, 3.63) is 82.9 Å². The normalized spacial score (nSPS) is 11.9. The summed E-state index contributed by atoms with van der Waals surface area (Å²) >= 11 is 0. The quantitative estimate of drug-likeness (QED) is 0.498. The first-order valence-electron chi connectivity index (χ1n) is 9.45. The second-order valence-corrected chi connectivity index (χ2v) is 10.7. The summed E-state index contributed by atoms with van der Waals surface area (Å²) in [5.74, 6) is 0. The van der Waals surface area contributed by atoms with Gasteiger partial charge in [0.1, 0.15) is 0 Å². The number of hydrogen-bond acceptors (Lipinski definition) is 5. The summed E-state index contributed by atoms with van der Waals surface area (Å²) in [5, 5.41) is 9.45. The fourth-order valence-corrected chi connectivity index (χ4v) is 5.10. The van der Waals surface area contributed by atoms with Crippen LogP contribution >= 0.6 is 0 Å². The molecular formula is C22H24N2O5S2. The lowest BCUT2D eigenvalue weighted by molar-refractivity contribution is 0.282. The van der Waals surface area contributed by atoms with E-state index >= 15 is 0 Å². The summed E-state index contributed by atoms with van der Waals surface area (Å²) in [6.07, 6.45) is 0. The lowest BCUT2D eigenvalue weighted by atomic mass is 10.1. The average Bonchev–Trinajstić information content (AvgIpc) is 2.71. The predicted molar refractivity (Wildman–Crippen MR) is 121 cm³/mol. The molecule has 164 valence electrons. The minimum Gasteiger partial charge on any atom is -0.392 e. The van der Waals surface area contributed by atoms with Crippen LogP contribution in [0.5, 0.6) is 0 Å². The van der Waals surface area contributed by atoms with Crippen molar-refractivity contribution >= 4 is 31.4 Å². The maximum Gasteiger partial charge on any atom is 0.261 e. The van der Waals surface area contributed by atoms with E-state index in [1.807, 2.05) is 20.8 Å². The van der Waals surface area contributed by atoms with Crippen molar-refractivity contribution in [3.8, 4) is 0 Å². The van der Waals surface area contributed by atoms with Crippen LogP contribution in [0.4, 0.5) is 11.4 Å². The van der Waals surface area contributed by atoms with Crippen molar-refractivity contribution in [2.45, 2.75) is 37.2 Å². The monoisotopic (exact) mass is 460 g/mol. The Kier molecular flexibility index (Phi) is 6.40. The minimum absolute atomic E-state index is 0.0135. The molecule has 0 amide bonds. The first kappa shape index (κ1) is 22.8. The van der Waals surface area contributed by atoms with E-state index in [0.717, 1.165) is 16.7 Å². The summed E-state index contributed by atoms with van der Waals surface area (Å²) in [7, 11) is -7.94. The molecule has 0 aliphatic carbocycles. The smallest absolute Gasteiger partial charge is 0.261 e. The molecule has 0 atom stereocenters. The number of aryl methyl sites for hydroxylation is 3. The van der Waals surface area contributed by atoms with Crippen LogP contribution in [-0.4, -0.2) is 21.9 Å². The van der Waals surface area contributed by atoms with Gasteiger partial charge >= 0.3 is 0 Å². The number of aliphatic hydroxyl groups is 1. The van der Waals surface area contributed by atoms with Gasteiger partial charge in [0.05, 0.1) is 27.8 Å². The third kappa shape index (κ3) is 5.25. The van der Waals surface area contributed by atoms with E-state index in [1.165, 1.54) is 36.4 Å². The molecule has 3 N–H and O–H groups in total. The molecule has 0 spiro atoms. The van der Waals surface area contributed by atoms with Gasteiger partial charge in [-0.2, -0.15) is 0 Å². The lowest BCUT2D eigenvalue weighted by Gasteiger charge is -2.16. The summed E-state index contributed by atoms with van der Waals surface area (Å²) in [5.41, 5.74) is 3.17. The molecule has 0 saturated carbocycles. The Morgan fingerprint density at radius 3 is 1.87 bits per heavy atom. The van der Waals surface area contributed by atoms with Crippen molar-refractivity contribution < 1.29 is 21.9 Å². The topological polar surface area (TPSA) is 113 Å². The van der Waals surface area contributed by atoms with Crippen LogP contribution < -0.4 is 9.44 Å². The van der Waals surface area contributed by atoms with Crippen molar-refractivity contribution in [2.75, 3.05) is 9.44 Å². The highest BCUT2D eigenvalue weighted by Crippen LogP contribution is 2.29. The fraction of sp³-hybridized carbons (Fsp3) is 0.182. The fourth-order valence-electron chi connectivity index (χ4n) is 2.87. The van der Waals surface area contributed by atoms with Gasteiger partial charge in [0.2, 0.25) is 0 Å². The van der Waals surface area contributed by atoms with Crippen LogP contribution in [0.25, 0.3) is 0 Å². The van der Waals surface area contributed by atoms with Gasteiger partial charge < -0.3 is 5.11 Å². The number of anilines is 2. The van der Waals surface area contributed by atoms with Gasteiger partial charge in [0.15, 0.2) is 0 Å². The Bertz CT molecular complexity index is 1320. The molecule has 9 heteroatoms. The van der Waals surface area contributed by atoms with Crippen LogP contribution in [0.15, 0.2) is 70.5 Å². The number of nitrogens with one attached hydrogen (secondary N) is 2. The SMILES string of the molecule is Cc1ccc(S(=O)(=O)Nc2cc(CO)ccc2NS(=O)(=O)c2ccc(C)c(C)c2)cc1. The molecule has 0 aromatic heterocycles. The van der Waals surface area contributed by atoms with E-state index in [9.17, 15) is 21.9 Å². The highest BCUT2D eigenvalue weighted by Gasteiger charge is 2.20.